The Morgan fingerprint density at radius 1 is 1.32 bits per heavy atom. The summed E-state index contributed by atoms with van der Waals surface area (Å²) in [6.45, 7) is 6.42. The highest BCUT2D eigenvalue weighted by Gasteiger charge is 2.31. The van der Waals surface area contributed by atoms with Crippen LogP contribution in [0.25, 0.3) is 5.52 Å². The van der Waals surface area contributed by atoms with Gasteiger partial charge in [-0.3, -0.25) is 4.79 Å². The minimum Gasteiger partial charge on any atom is -0.338 e. The molecule has 8 heteroatoms. The molecule has 3 heterocycles. The minimum atomic E-state index is -3.24. The van der Waals surface area contributed by atoms with Gasteiger partial charge in [-0.15, -0.1) is 0 Å². The predicted octanol–water partition coefficient (Wildman–Crippen LogP) is 2.74. The first kappa shape index (κ1) is 20.8. The molecule has 154 valence electrons. The number of pyridine rings is 1. The topological polar surface area (TPSA) is 75.0 Å². The van der Waals surface area contributed by atoms with E-state index in [1.165, 1.54) is 10.6 Å². The number of aromatic nitrogens is 2. The molecule has 7 nitrogen and oxygen atoms in total. The summed E-state index contributed by atoms with van der Waals surface area (Å²) in [5.74, 6) is 0.700. The second-order valence-electron chi connectivity index (χ2n) is 7.47. The van der Waals surface area contributed by atoms with E-state index < -0.39 is 10.0 Å². The number of imidazole rings is 1. The van der Waals surface area contributed by atoms with Crippen molar-refractivity contribution < 1.29 is 13.2 Å². The summed E-state index contributed by atoms with van der Waals surface area (Å²) < 4.78 is 27.5. The number of hydrogen-bond acceptors (Lipinski definition) is 4. The number of unbranched alkanes of at least 4 members (excludes halogenated alkanes) is 1. The van der Waals surface area contributed by atoms with Crippen LogP contribution in [0.1, 0.15) is 61.8 Å². The Morgan fingerprint density at radius 2 is 2.11 bits per heavy atom. The highest BCUT2D eigenvalue weighted by atomic mass is 32.2. The van der Waals surface area contributed by atoms with Crippen molar-refractivity contribution in [2.24, 2.45) is 0 Å². The van der Waals surface area contributed by atoms with Crippen molar-refractivity contribution in [3.05, 3.63) is 35.9 Å². The van der Waals surface area contributed by atoms with Gasteiger partial charge in [-0.2, -0.15) is 0 Å². The number of nitrogens with zero attached hydrogens (tertiary/aromatic N) is 4. The Bertz CT molecular complexity index is 938. The smallest absolute Gasteiger partial charge is 0.274 e. The van der Waals surface area contributed by atoms with E-state index in [1.54, 1.807) is 0 Å². The van der Waals surface area contributed by atoms with E-state index >= 15 is 0 Å². The molecule has 0 spiro atoms. The summed E-state index contributed by atoms with van der Waals surface area (Å²) in [5.41, 5.74) is 1.25. The van der Waals surface area contributed by atoms with Crippen molar-refractivity contribution in [2.75, 3.05) is 32.4 Å². The second-order valence-corrected chi connectivity index (χ2v) is 9.46. The maximum atomic E-state index is 13.2. The van der Waals surface area contributed by atoms with E-state index in [-0.39, 0.29) is 11.8 Å². The molecular formula is C20H30N4O3S. The summed E-state index contributed by atoms with van der Waals surface area (Å²) in [6.07, 6.45) is 6.81. The second kappa shape index (κ2) is 8.61. The van der Waals surface area contributed by atoms with Gasteiger partial charge < -0.3 is 9.30 Å². The normalized spacial score (nSPS) is 18.5. The summed E-state index contributed by atoms with van der Waals surface area (Å²) in [4.78, 5) is 19.8. The maximum Gasteiger partial charge on any atom is 0.274 e. The molecule has 0 aromatic carbocycles. The lowest BCUT2D eigenvalue weighted by Gasteiger charge is -2.30. The van der Waals surface area contributed by atoms with Crippen LogP contribution < -0.4 is 0 Å². The molecule has 0 saturated carbocycles. The number of carbonyl (C=O) groups is 1. The van der Waals surface area contributed by atoms with Crippen molar-refractivity contribution in [3.8, 4) is 0 Å². The predicted molar refractivity (Wildman–Crippen MR) is 110 cm³/mol. The van der Waals surface area contributed by atoms with Crippen molar-refractivity contribution in [2.45, 2.75) is 45.4 Å². The van der Waals surface area contributed by atoms with E-state index in [2.05, 4.69) is 6.92 Å². The van der Waals surface area contributed by atoms with Gasteiger partial charge in [-0.05, 0) is 38.3 Å². The molecule has 0 aliphatic carbocycles. The zero-order valence-corrected chi connectivity index (χ0v) is 17.8. The van der Waals surface area contributed by atoms with Crippen molar-refractivity contribution >= 4 is 21.4 Å². The van der Waals surface area contributed by atoms with Gasteiger partial charge in [0.1, 0.15) is 5.82 Å². The zero-order valence-electron chi connectivity index (χ0n) is 17.0. The lowest BCUT2D eigenvalue weighted by atomic mass is 9.99. The largest absolute Gasteiger partial charge is 0.338 e. The number of rotatable bonds is 7. The third-order valence-corrected chi connectivity index (χ3v) is 6.72. The Balaban J connectivity index is 1.98. The molecule has 28 heavy (non-hydrogen) atoms. The molecule has 2 aromatic rings. The molecule has 1 saturated heterocycles. The molecule has 0 unspecified atom stereocenters. The van der Waals surface area contributed by atoms with E-state index in [4.69, 9.17) is 4.98 Å². The van der Waals surface area contributed by atoms with Gasteiger partial charge in [-0.1, -0.05) is 19.4 Å². The van der Waals surface area contributed by atoms with Crippen LogP contribution in [0, 0.1) is 0 Å². The number of hydrogen-bond donors (Lipinski definition) is 0. The average molecular weight is 407 g/mol. The molecule has 1 atom stereocenters. The van der Waals surface area contributed by atoms with E-state index in [0.29, 0.717) is 25.3 Å². The SMILES string of the molecule is CCCCN(CC)C(=O)c1nc([C@H]2CCCN(S(C)(=O)=O)C2)n2ccccc12. The fourth-order valence-corrected chi connectivity index (χ4v) is 4.77. The molecular weight excluding hydrogens is 376 g/mol. The first-order valence-corrected chi connectivity index (χ1v) is 11.9. The molecule has 1 fully saturated rings. The van der Waals surface area contributed by atoms with Gasteiger partial charge in [0.15, 0.2) is 5.69 Å². The lowest BCUT2D eigenvalue weighted by molar-refractivity contribution is 0.0758. The molecule has 0 bridgehead atoms. The molecule has 2 aromatic heterocycles. The molecule has 1 aliphatic rings. The third-order valence-electron chi connectivity index (χ3n) is 5.45. The standard InChI is InChI=1S/C20H30N4O3S/c1-4-6-12-22(5-2)20(25)18-17-11-7-8-14-24(17)19(21-18)16-10-9-13-23(15-16)28(3,26)27/h7-8,11,14,16H,4-6,9-10,12-13,15H2,1-3H3/t16-/m0/s1. The summed E-state index contributed by atoms with van der Waals surface area (Å²) in [5, 5.41) is 0. The number of amides is 1. The van der Waals surface area contributed by atoms with Crippen LogP contribution in [0.15, 0.2) is 24.4 Å². The fraction of sp³-hybridized carbons (Fsp3) is 0.600. The van der Waals surface area contributed by atoms with Gasteiger partial charge in [0, 0.05) is 38.3 Å². The van der Waals surface area contributed by atoms with Gasteiger partial charge in [0.2, 0.25) is 10.0 Å². The van der Waals surface area contributed by atoms with E-state index in [9.17, 15) is 13.2 Å². The van der Waals surface area contributed by atoms with Crippen molar-refractivity contribution in [1.29, 1.82) is 0 Å². The number of carbonyl (C=O) groups excluding carboxylic acids is 1. The number of piperidine rings is 1. The molecule has 0 radical (unpaired) electrons. The monoisotopic (exact) mass is 406 g/mol. The molecule has 1 amide bonds. The van der Waals surface area contributed by atoms with Gasteiger partial charge in [0.05, 0.1) is 11.8 Å². The van der Waals surface area contributed by atoms with Crippen LogP contribution in [-0.2, 0) is 10.0 Å². The lowest BCUT2D eigenvalue weighted by Crippen LogP contribution is -2.38. The van der Waals surface area contributed by atoms with Crippen LogP contribution in [0.2, 0.25) is 0 Å². The average Bonchev–Trinajstić information content (AvgIpc) is 3.07. The van der Waals surface area contributed by atoms with Crippen LogP contribution in [0.5, 0.6) is 0 Å². The van der Waals surface area contributed by atoms with E-state index in [1.807, 2.05) is 40.6 Å². The van der Waals surface area contributed by atoms with Crippen LogP contribution in [-0.4, -0.2) is 65.3 Å². The van der Waals surface area contributed by atoms with Gasteiger partial charge in [0.25, 0.3) is 5.91 Å². The van der Waals surface area contributed by atoms with Crippen molar-refractivity contribution in [1.82, 2.24) is 18.6 Å². The first-order chi connectivity index (χ1) is 13.4. The fourth-order valence-electron chi connectivity index (χ4n) is 3.86. The Morgan fingerprint density at radius 3 is 2.79 bits per heavy atom. The van der Waals surface area contributed by atoms with Crippen molar-refractivity contribution in [3.63, 3.8) is 0 Å². The molecule has 3 rings (SSSR count). The van der Waals surface area contributed by atoms with Crippen LogP contribution in [0.4, 0.5) is 0 Å². The first-order valence-electron chi connectivity index (χ1n) is 10.1. The van der Waals surface area contributed by atoms with Crippen LogP contribution in [0.3, 0.4) is 0 Å². The summed E-state index contributed by atoms with van der Waals surface area (Å²) in [7, 11) is -3.24. The highest BCUT2D eigenvalue weighted by molar-refractivity contribution is 7.88. The zero-order chi connectivity index (χ0) is 20.3. The van der Waals surface area contributed by atoms with E-state index in [0.717, 1.165) is 43.6 Å². The molecule has 1 aliphatic heterocycles. The quantitative estimate of drug-likeness (QED) is 0.709. The highest BCUT2D eigenvalue weighted by Crippen LogP contribution is 2.29. The maximum absolute atomic E-state index is 13.2. The number of sulfonamides is 1. The van der Waals surface area contributed by atoms with Crippen LogP contribution >= 0.6 is 0 Å². The Kier molecular flexibility index (Phi) is 6.40. The Hall–Kier alpha value is -1.93. The molecule has 0 N–H and O–H groups in total. The summed E-state index contributed by atoms with van der Waals surface area (Å²) in [6, 6.07) is 5.73. The summed E-state index contributed by atoms with van der Waals surface area (Å²) >= 11 is 0. The third kappa shape index (κ3) is 4.22. The number of fused-ring (bicyclic) bond motifs is 1. The van der Waals surface area contributed by atoms with Gasteiger partial charge >= 0.3 is 0 Å². The Labute approximate surface area is 167 Å². The van der Waals surface area contributed by atoms with Gasteiger partial charge in [-0.25, -0.2) is 17.7 Å². The minimum absolute atomic E-state index is 0.0226.